The standard InChI is InChI=1S/C12H18O2/c13-9-5-1-2-6-10-14-11-12-7-3-4-8-12/h3-4,7,13H,1-2,5-6,9-11H2. The molecule has 2 heteroatoms. The second-order valence-electron chi connectivity index (χ2n) is 3.39. The van der Waals surface area contributed by atoms with Gasteiger partial charge < -0.3 is 9.84 Å². The molecule has 0 heterocycles. The highest BCUT2D eigenvalue weighted by Crippen LogP contribution is 2.04. The van der Waals surface area contributed by atoms with E-state index in [9.17, 15) is 0 Å². The fraction of sp³-hybridized carbons (Fsp3) is 0.583. The number of unbranched alkanes of at least 4 members (excludes halogenated alkanes) is 3. The van der Waals surface area contributed by atoms with Gasteiger partial charge in [0, 0.05) is 18.8 Å². The highest BCUT2D eigenvalue weighted by molar-refractivity contribution is 5.29. The molecule has 78 valence electrons. The highest BCUT2D eigenvalue weighted by atomic mass is 16.5. The largest absolute Gasteiger partial charge is 0.396 e. The molecule has 1 rings (SSSR count). The summed E-state index contributed by atoms with van der Waals surface area (Å²) in [6.45, 7) is 1.79. The molecule has 1 N–H and O–H groups in total. The Hall–Kier alpha value is -0.820. The van der Waals surface area contributed by atoms with Crippen LogP contribution in [0, 0.1) is 0 Å². The molecule has 0 aromatic carbocycles. The molecule has 0 unspecified atom stereocenters. The number of rotatable bonds is 8. The zero-order valence-corrected chi connectivity index (χ0v) is 8.54. The van der Waals surface area contributed by atoms with Gasteiger partial charge in [0.15, 0.2) is 0 Å². The Kier molecular flexibility index (Phi) is 6.09. The number of ether oxygens (including phenoxy) is 1. The first kappa shape index (κ1) is 11.3. The Morgan fingerprint density at radius 3 is 2.79 bits per heavy atom. The normalized spacial score (nSPS) is 13.6. The summed E-state index contributed by atoms with van der Waals surface area (Å²) in [5.74, 6) is 0. The van der Waals surface area contributed by atoms with Crippen molar-refractivity contribution < 1.29 is 9.84 Å². The third-order valence-corrected chi connectivity index (χ3v) is 2.12. The quantitative estimate of drug-likeness (QED) is 0.474. The molecule has 0 aromatic heterocycles. The molecule has 1 aliphatic carbocycles. The van der Waals surface area contributed by atoms with Crippen LogP contribution in [0.25, 0.3) is 0 Å². The van der Waals surface area contributed by atoms with Gasteiger partial charge >= 0.3 is 0 Å². The Morgan fingerprint density at radius 1 is 1.21 bits per heavy atom. The molecule has 0 radical (unpaired) electrons. The minimum atomic E-state index is 0.309. The summed E-state index contributed by atoms with van der Waals surface area (Å²) in [4.78, 5) is 0. The lowest BCUT2D eigenvalue weighted by molar-refractivity contribution is 0.152. The van der Waals surface area contributed by atoms with E-state index in [2.05, 4.69) is 5.73 Å². The van der Waals surface area contributed by atoms with Crippen LogP contribution in [0.5, 0.6) is 0 Å². The van der Waals surface area contributed by atoms with Crippen molar-refractivity contribution in [2.24, 2.45) is 0 Å². The Morgan fingerprint density at radius 2 is 2.07 bits per heavy atom. The summed E-state index contributed by atoms with van der Waals surface area (Å²) < 4.78 is 5.46. The zero-order valence-electron chi connectivity index (χ0n) is 8.54. The van der Waals surface area contributed by atoms with E-state index in [-0.39, 0.29) is 0 Å². The zero-order chi connectivity index (χ0) is 10.1. The summed E-state index contributed by atoms with van der Waals surface area (Å²) in [5.41, 5.74) is 4.22. The van der Waals surface area contributed by atoms with Crippen LogP contribution in [0.3, 0.4) is 0 Å². The van der Waals surface area contributed by atoms with Gasteiger partial charge in [0.25, 0.3) is 0 Å². The van der Waals surface area contributed by atoms with Crippen molar-refractivity contribution >= 4 is 0 Å². The molecule has 1 aliphatic rings. The van der Waals surface area contributed by atoms with E-state index >= 15 is 0 Å². The molecular weight excluding hydrogens is 176 g/mol. The van der Waals surface area contributed by atoms with Crippen molar-refractivity contribution in [3.63, 3.8) is 0 Å². The topological polar surface area (TPSA) is 29.5 Å². The van der Waals surface area contributed by atoms with E-state index in [0.29, 0.717) is 13.2 Å². The fourth-order valence-electron chi connectivity index (χ4n) is 1.31. The van der Waals surface area contributed by atoms with Gasteiger partial charge in [-0.1, -0.05) is 18.9 Å². The van der Waals surface area contributed by atoms with Crippen molar-refractivity contribution in [3.05, 3.63) is 29.5 Å². The van der Waals surface area contributed by atoms with Crippen LogP contribution in [0.1, 0.15) is 25.7 Å². The molecule has 0 fully saturated rings. The van der Waals surface area contributed by atoms with Gasteiger partial charge in [0.2, 0.25) is 0 Å². The molecule has 0 atom stereocenters. The number of hydrogen-bond acceptors (Lipinski definition) is 2. The lowest BCUT2D eigenvalue weighted by atomic mass is 10.2. The number of aliphatic hydroxyl groups excluding tert-OH is 1. The lowest BCUT2D eigenvalue weighted by Crippen LogP contribution is -1.98. The van der Waals surface area contributed by atoms with Crippen LogP contribution in [0.15, 0.2) is 29.5 Å². The first-order valence-electron chi connectivity index (χ1n) is 5.24. The summed E-state index contributed by atoms with van der Waals surface area (Å²) >= 11 is 0. The smallest absolute Gasteiger partial charge is 0.0788 e. The van der Waals surface area contributed by atoms with Gasteiger partial charge in [-0.25, -0.2) is 0 Å². The van der Waals surface area contributed by atoms with Crippen LogP contribution in [-0.4, -0.2) is 24.9 Å². The molecule has 0 aromatic rings. The first-order chi connectivity index (χ1) is 6.93. The molecule has 2 nitrogen and oxygen atoms in total. The highest BCUT2D eigenvalue weighted by Gasteiger charge is 1.95. The molecular formula is C12H18O2. The van der Waals surface area contributed by atoms with Crippen LogP contribution in [0.4, 0.5) is 0 Å². The number of hydrogen-bond donors (Lipinski definition) is 1. The van der Waals surface area contributed by atoms with Gasteiger partial charge in [-0.2, -0.15) is 0 Å². The molecule has 0 bridgehead atoms. The second-order valence-corrected chi connectivity index (χ2v) is 3.39. The van der Waals surface area contributed by atoms with Crippen molar-refractivity contribution in [1.29, 1.82) is 0 Å². The third kappa shape index (κ3) is 5.03. The summed E-state index contributed by atoms with van der Waals surface area (Å²) in [5, 5.41) is 8.56. The Bertz CT molecular complexity index is 235. The SMILES string of the molecule is OCCCCCCOCC1=C=CC=C1. The Balaban J connectivity index is 1.85. The van der Waals surface area contributed by atoms with E-state index in [1.165, 1.54) is 0 Å². The second kappa shape index (κ2) is 7.57. The van der Waals surface area contributed by atoms with Gasteiger partial charge in [0.1, 0.15) is 0 Å². The summed E-state index contributed by atoms with van der Waals surface area (Å²) in [7, 11) is 0. The van der Waals surface area contributed by atoms with E-state index in [0.717, 1.165) is 37.9 Å². The lowest BCUT2D eigenvalue weighted by Gasteiger charge is -2.02. The molecule has 0 aliphatic heterocycles. The minimum absolute atomic E-state index is 0.309. The molecule has 0 spiro atoms. The fourth-order valence-corrected chi connectivity index (χ4v) is 1.31. The summed E-state index contributed by atoms with van der Waals surface area (Å²) in [6, 6.07) is 0. The Labute approximate surface area is 85.6 Å². The van der Waals surface area contributed by atoms with E-state index in [1.54, 1.807) is 0 Å². The van der Waals surface area contributed by atoms with Gasteiger partial charge in [-0.05, 0) is 25.0 Å². The van der Waals surface area contributed by atoms with Crippen LogP contribution >= 0.6 is 0 Å². The predicted molar refractivity (Wildman–Crippen MR) is 57.1 cm³/mol. The van der Waals surface area contributed by atoms with Gasteiger partial charge in [-0.15, -0.1) is 5.73 Å². The average molecular weight is 194 g/mol. The first-order valence-corrected chi connectivity index (χ1v) is 5.24. The third-order valence-electron chi connectivity index (χ3n) is 2.12. The van der Waals surface area contributed by atoms with Gasteiger partial charge in [-0.3, -0.25) is 0 Å². The molecule has 14 heavy (non-hydrogen) atoms. The van der Waals surface area contributed by atoms with Crippen LogP contribution in [0.2, 0.25) is 0 Å². The van der Waals surface area contributed by atoms with Crippen LogP contribution < -0.4 is 0 Å². The molecule has 0 amide bonds. The minimum Gasteiger partial charge on any atom is -0.396 e. The molecule has 0 saturated heterocycles. The average Bonchev–Trinajstić information content (AvgIpc) is 2.69. The van der Waals surface area contributed by atoms with Crippen molar-refractivity contribution in [2.75, 3.05) is 19.8 Å². The van der Waals surface area contributed by atoms with E-state index in [1.807, 2.05) is 18.2 Å². The monoisotopic (exact) mass is 194 g/mol. The number of aliphatic hydroxyl groups is 1. The maximum Gasteiger partial charge on any atom is 0.0788 e. The van der Waals surface area contributed by atoms with E-state index < -0.39 is 0 Å². The van der Waals surface area contributed by atoms with Gasteiger partial charge in [0.05, 0.1) is 6.61 Å². The maximum atomic E-state index is 8.56. The predicted octanol–water partition coefficient (Wildman–Crippen LogP) is 2.21. The summed E-state index contributed by atoms with van der Waals surface area (Å²) in [6.07, 6.45) is 10.1. The molecule has 0 saturated carbocycles. The van der Waals surface area contributed by atoms with Crippen molar-refractivity contribution in [2.45, 2.75) is 25.7 Å². The maximum absolute atomic E-state index is 8.56. The van der Waals surface area contributed by atoms with Crippen molar-refractivity contribution in [3.8, 4) is 0 Å². The number of allylic oxidation sites excluding steroid dienone is 1. The van der Waals surface area contributed by atoms with E-state index in [4.69, 9.17) is 9.84 Å². The van der Waals surface area contributed by atoms with Crippen molar-refractivity contribution in [1.82, 2.24) is 0 Å². The van der Waals surface area contributed by atoms with Crippen LogP contribution in [-0.2, 0) is 4.74 Å².